The Labute approximate surface area is 172 Å². The van der Waals surface area contributed by atoms with E-state index in [0.717, 1.165) is 0 Å². The molecule has 8 nitrogen and oxygen atoms in total. The maximum absolute atomic E-state index is 13.3. The fraction of sp³-hybridized carbons (Fsp3) is 0.227. The van der Waals surface area contributed by atoms with Gasteiger partial charge in [-0.15, -0.1) is 5.10 Å². The Hall–Kier alpha value is -3.81. The highest BCUT2D eigenvalue weighted by Gasteiger charge is 2.34. The standard InChI is InChI=1S/C22H20N4O4/c27-18(28)12-2-1-7-13-23-19-20(26-17-11-6-5-10-16(17)24-25-26)22(30)15-9-4-3-8-14(15)21(19)29/h3-6,8-11,23H,1-2,7,12-13H2,(H,27,28). The van der Waals surface area contributed by atoms with Crippen LogP contribution in [0.2, 0.25) is 0 Å². The van der Waals surface area contributed by atoms with E-state index in [-0.39, 0.29) is 29.4 Å². The molecule has 2 aromatic carbocycles. The van der Waals surface area contributed by atoms with Crippen LogP contribution in [0.15, 0.2) is 54.2 Å². The second-order valence-corrected chi connectivity index (χ2v) is 7.05. The third kappa shape index (κ3) is 3.59. The molecule has 0 saturated heterocycles. The number of nitrogens with zero attached hydrogens (tertiary/aromatic N) is 3. The lowest BCUT2D eigenvalue weighted by Crippen LogP contribution is -2.32. The summed E-state index contributed by atoms with van der Waals surface area (Å²) in [5.41, 5.74) is 2.28. The number of nitrogens with one attached hydrogen (secondary N) is 1. The molecule has 0 atom stereocenters. The summed E-state index contributed by atoms with van der Waals surface area (Å²) in [6.45, 7) is 0.437. The molecule has 1 aliphatic rings. The quantitative estimate of drug-likeness (QED) is 0.555. The third-order valence-electron chi connectivity index (χ3n) is 5.03. The van der Waals surface area contributed by atoms with E-state index in [4.69, 9.17) is 5.11 Å². The summed E-state index contributed by atoms with van der Waals surface area (Å²) in [4.78, 5) is 37.2. The van der Waals surface area contributed by atoms with Crippen LogP contribution in [0.3, 0.4) is 0 Å². The van der Waals surface area contributed by atoms with Gasteiger partial charge in [0.05, 0.1) is 5.52 Å². The van der Waals surface area contributed by atoms with Crippen LogP contribution >= 0.6 is 0 Å². The van der Waals surface area contributed by atoms with Gasteiger partial charge in [-0.2, -0.15) is 0 Å². The molecule has 0 unspecified atom stereocenters. The van der Waals surface area contributed by atoms with Crippen LogP contribution in [-0.4, -0.2) is 44.2 Å². The van der Waals surface area contributed by atoms with E-state index < -0.39 is 5.97 Å². The van der Waals surface area contributed by atoms with Crippen LogP contribution in [0.25, 0.3) is 16.7 Å². The van der Waals surface area contributed by atoms with Gasteiger partial charge in [-0.25, -0.2) is 4.68 Å². The number of hydrogen-bond acceptors (Lipinski definition) is 6. The average molecular weight is 404 g/mol. The summed E-state index contributed by atoms with van der Waals surface area (Å²) in [7, 11) is 0. The fourth-order valence-corrected chi connectivity index (χ4v) is 3.55. The van der Waals surface area contributed by atoms with Crippen LogP contribution in [0.1, 0.15) is 46.4 Å². The maximum atomic E-state index is 13.3. The van der Waals surface area contributed by atoms with Crippen molar-refractivity contribution in [2.45, 2.75) is 25.7 Å². The molecular weight excluding hydrogens is 384 g/mol. The third-order valence-corrected chi connectivity index (χ3v) is 5.03. The average Bonchev–Trinajstić information content (AvgIpc) is 3.17. The van der Waals surface area contributed by atoms with E-state index in [0.29, 0.717) is 48.0 Å². The highest BCUT2D eigenvalue weighted by atomic mass is 16.4. The Morgan fingerprint density at radius 3 is 2.40 bits per heavy atom. The van der Waals surface area contributed by atoms with Crippen LogP contribution in [0, 0.1) is 0 Å². The fourth-order valence-electron chi connectivity index (χ4n) is 3.55. The molecule has 0 amide bonds. The molecule has 2 N–H and O–H groups in total. The Kier molecular flexibility index (Phi) is 5.38. The Morgan fingerprint density at radius 1 is 0.933 bits per heavy atom. The zero-order valence-corrected chi connectivity index (χ0v) is 16.2. The van der Waals surface area contributed by atoms with E-state index in [9.17, 15) is 14.4 Å². The first-order valence-corrected chi connectivity index (χ1v) is 9.77. The van der Waals surface area contributed by atoms with Gasteiger partial charge in [0.25, 0.3) is 0 Å². The molecule has 0 saturated carbocycles. The van der Waals surface area contributed by atoms with Crippen molar-refractivity contribution < 1.29 is 19.5 Å². The maximum Gasteiger partial charge on any atom is 0.303 e. The summed E-state index contributed by atoms with van der Waals surface area (Å²) < 4.78 is 1.41. The van der Waals surface area contributed by atoms with Gasteiger partial charge < -0.3 is 10.4 Å². The van der Waals surface area contributed by atoms with E-state index in [1.54, 1.807) is 36.4 Å². The number of hydrogen-bond donors (Lipinski definition) is 2. The number of allylic oxidation sites excluding steroid dienone is 2. The van der Waals surface area contributed by atoms with Crippen molar-refractivity contribution in [2.24, 2.45) is 0 Å². The number of ketones is 2. The molecule has 0 spiro atoms. The molecule has 152 valence electrons. The number of carbonyl (C=O) groups excluding carboxylic acids is 2. The molecule has 4 rings (SSSR count). The minimum atomic E-state index is -0.823. The van der Waals surface area contributed by atoms with Gasteiger partial charge in [-0.05, 0) is 25.0 Å². The van der Waals surface area contributed by atoms with Gasteiger partial charge in [0.2, 0.25) is 11.6 Å². The number of carboxylic acid groups (broad SMARTS) is 1. The van der Waals surface area contributed by atoms with Gasteiger partial charge >= 0.3 is 5.97 Å². The normalized spacial score (nSPS) is 13.6. The van der Waals surface area contributed by atoms with Gasteiger partial charge in [-0.3, -0.25) is 14.4 Å². The molecule has 1 aromatic heterocycles. The van der Waals surface area contributed by atoms with Crippen molar-refractivity contribution in [3.05, 3.63) is 65.4 Å². The van der Waals surface area contributed by atoms with Crippen LogP contribution in [0.4, 0.5) is 0 Å². The first-order valence-electron chi connectivity index (χ1n) is 9.77. The van der Waals surface area contributed by atoms with Gasteiger partial charge in [0.1, 0.15) is 16.9 Å². The molecule has 0 bridgehead atoms. The summed E-state index contributed by atoms with van der Waals surface area (Å²) in [5.74, 6) is -1.39. The molecule has 1 aliphatic carbocycles. The number of carbonyl (C=O) groups is 3. The first kappa shape index (κ1) is 19.5. The van der Waals surface area contributed by atoms with Crippen LogP contribution in [0.5, 0.6) is 0 Å². The number of rotatable bonds is 8. The lowest BCUT2D eigenvalue weighted by molar-refractivity contribution is -0.137. The zero-order chi connectivity index (χ0) is 21.1. The summed E-state index contributed by atoms with van der Waals surface area (Å²) >= 11 is 0. The number of carboxylic acids is 1. The highest BCUT2D eigenvalue weighted by molar-refractivity contribution is 6.37. The van der Waals surface area contributed by atoms with E-state index >= 15 is 0 Å². The molecule has 8 heteroatoms. The smallest absolute Gasteiger partial charge is 0.303 e. The van der Waals surface area contributed by atoms with E-state index in [1.807, 2.05) is 12.1 Å². The minimum absolute atomic E-state index is 0.115. The number of unbranched alkanes of at least 4 members (excludes halogenated alkanes) is 2. The predicted octanol–water partition coefficient (Wildman–Crippen LogP) is 2.91. The number of aromatic nitrogens is 3. The molecule has 1 heterocycles. The molecule has 0 fully saturated rings. The van der Waals surface area contributed by atoms with Crippen molar-refractivity contribution in [1.82, 2.24) is 20.3 Å². The Balaban J connectivity index is 1.69. The van der Waals surface area contributed by atoms with Crippen molar-refractivity contribution in [3.8, 4) is 0 Å². The summed E-state index contributed by atoms with van der Waals surface area (Å²) in [6, 6.07) is 14.0. The molecule has 30 heavy (non-hydrogen) atoms. The molecular formula is C22H20N4O4. The van der Waals surface area contributed by atoms with Gasteiger partial charge in [0, 0.05) is 24.1 Å². The number of Topliss-reactive ketones (excluding diaryl/α,β-unsaturated/α-hetero) is 2. The number of aliphatic carboxylic acids is 1. The van der Waals surface area contributed by atoms with Gasteiger partial charge in [0.15, 0.2) is 0 Å². The van der Waals surface area contributed by atoms with Crippen molar-refractivity contribution in [2.75, 3.05) is 6.54 Å². The lowest BCUT2D eigenvalue weighted by Gasteiger charge is -2.22. The predicted molar refractivity (Wildman–Crippen MR) is 110 cm³/mol. The summed E-state index contributed by atoms with van der Waals surface area (Å²) in [6.07, 6.45) is 2.05. The van der Waals surface area contributed by atoms with E-state index in [2.05, 4.69) is 15.6 Å². The number of para-hydroxylation sites is 1. The molecule has 0 radical (unpaired) electrons. The largest absolute Gasteiger partial charge is 0.481 e. The number of benzene rings is 2. The second kappa shape index (κ2) is 8.28. The minimum Gasteiger partial charge on any atom is -0.481 e. The first-order chi connectivity index (χ1) is 14.6. The van der Waals surface area contributed by atoms with Crippen molar-refractivity contribution in [3.63, 3.8) is 0 Å². The topological polar surface area (TPSA) is 114 Å². The second-order valence-electron chi connectivity index (χ2n) is 7.05. The van der Waals surface area contributed by atoms with Crippen LogP contribution in [-0.2, 0) is 4.79 Å². The Morgan fingerprint density at radius 2 is 1.63 bits per heavy atom. The van der Waals surface area contributed by atoms with Crippen LogP contribution < -0.4 is 5.32 Å². The monoisotopic (exact) mass is 404 g/mol. The number of fused-ring (bicyclic) bond motifs is 2. The summed E-state index contributed by atoms with van der Waals surface area (Å²) in [5, 5.41) is 20.1. The molecule has 0 aliphatic heterocycles. The Bertz CT molecular complexity index is 1180. The van der Waals surface area contributed by atoms with E-state index in [1.165, 1.54) is 4.68 Å². The highest BCUT2D eigenvalue weighted by Crippen LogP contribution is 2.29. The lowest BCUT2D eigenvalue weighted by atomic mass is 9.90. The molecule has 3 aromatic rings. The van der Waals surface area contributed by atoms with Crippen molar-refractivity contribution >= 4 is 34.3 Å². The zero-order valence-electron chi connectivity index (χ0n) is 16.2. The van der Waals surface area contributed by atoms with Gasteiger partial charge in [-0.1, -0.05) is 48.0 Å². The SMILES string of the molecule is O=C(O)CCCCCNC1=C(n2nnc3ccccc32)C(=O)c2ccccc2C1=O. The van der Waals surface area contributed by atoms with Crippen molar-refractivity contribution in [1.29, 1.82) is 0 Å².